The summed E-state index contributed by atoms with van der Waals surface area (Å²) >= 11 is 0. The maximum Gasteiger partial charge on any atom is 0.354 e. The number of hydrogen-bond donors (Lipinski definition) is 2. The van der Waals surface area contributed by atoms with Crippen LogP contribution in [0.4, 0.5) is 10.1 Å². The van der Waals surface area contributed by atoms with Crippen molar-refractivity contribution in [2.75, 3.05) is 23.8 Å². The molecular formula is C18H24FN5O2. The summed E-state index contributed by atoms with van der Waals surface area (Å²) in [5, 5.41) is 0. The molecule has 0 radical (unpaired) electrons. The summed E-state index contributed by atoms with van der Waals surface area (Å²) in [5.41, 5.74) is 6.91. The molecule has 2 fully saturated rings. The standard InChI is InChI=1S/C18H24FN5O2/c1-9-15(22-6-5-12(7-22)10(2)20)13(19)8-23-16(9)14(11-3-4-11)17(25)24(21)18(23)26/h8,10-12H,3-7,20-21H2,1-2H3. The average molecular weight is 361 g/mol. The van der Waals surface area contributed by atoms with Gasteiger partial charge in [0.15, 0.2) is 5.82 Å². The highest BCUT2D eigenvalue weighted by Gasteiger charge is 2.34. The SMILES string of the molecule is Cc1c(N2CCC(C(C)N)C2)c(F)cn2c(=O)n(N)c(=O)c(C3CC3)c12. The summed E-state index contributed by atoms with van der Waals surface area (Å²) in [6.07, 6.45) is 3.82. The Morgan fingerprint density at radius 1 is 1.27 bits per heavy atom. The molecule has 2 atom stereocenters. The molecular weight excluding hydrogens is 337 g/mol. The molecule has 4 rings (SSSR count). The first-order chi connectivity index (χ1) is 12.3. The van der Waals surface area contributed by atoms with Crippen molar-refractivity contribution in [3.8, 4) is 0 Å². The lowest BCUT2D eigenvalue weighted by Crippen LogP contribution is -2.44. The van der Waals surface area contributed by atoms with Crippen LogP contribution in [-0.2, 0) is 0 Å². The van der Waals surface area contributed by atoms with Gasteiger partial charge < -0.3 is 16.5 Å². The van der Waals surface area contributed by atoms with Gasteiger partial charge in [-0.15, -0.1) is 0 Å². The minimum atomic E-state index is -0.724. The number of rotatable bonds is 3. The monoisotopic (exact) mass is 361 g/mol. The van der Waals surface area contributed by atoms with E-state index in [1.54, 1.807) is 6.92 Å². The Kier molecular flexibility index (Phi) is 3.83. The van der Waals surface area contributed by atoms with Crippen LogP contribution in [0.3, 0.4) is 0 Å². The smallest absolute Gasteiger partial charge is 0.354 e. The zero-order valence-electron chi connectivity index (χ0n) is 15.0. The topological polar surface area (TPSA) is 98.8 Å². The molecule has 0 spiro atoms. The van der Waals surface area contributed by atoms with Gasteiger partial charge in [-0.25, -0.2) is 9.18 Å². The summed E-state index contributed by atoms with van der Waals surface area (Å²) in [6.45, 7) is 5.12. The van der Waals surface area contributed by atoms with E-state index in [0.717, 1.165) is 25.5 Å². The highest BCUT2D eigenvalue weighted by atomic mass is 19.1. The van der Waals surface area contributed by atoms with Crippen molar-refractivity contribution in [2.24, 2.45) is 11.7 Å². The molecule has 1 aliphatic heterocycles. The van der Waals surface area contributed by atoms with Crippen LogP contribution < -0.4 is 27.7 Å². The number of anilines is 1. The Bertz CT molecular complexity index is 1010. The minimum absolute atomic E-state index is 0.0397. The van der Waals surface area contributed by atoms with Gasteiger partial charge in [0.1, 0.15) is 0 Å². The van der Waals surface area contributed by atoms with Crippen LogP contribution in [-0.4, -0.2) is 28.2 Å². The predicted molar refractivity (Wildman–Crippen MR) is 98.7 cm³/mol. The molecule has 2 aromatic rings. The van der Waals surface area contributed by atoms with Crippen molar-refractivity contribution in [3.63, 3.8) is 0 Å². The molecule has 1 saturated carbocycles. The van der Waals surface area contributed by atoms with Gasteiger partial charge in [-0.1, -0.05) is 0 Å². The number of fused-ring (bicyclic) bond motifs is 1. The molecule has 2 aromatic heterocycles. The molecule has 1 aliphatic carbocycles. The summed E-state index contributed by atoms with van der Waals surface area (Å²) < 4.78 is 16.7. The van der Waals surface area contributed by atoms with Crippen molar-refractivity contribution < 1.29 is 4.39 Å². The normalized spacial score (nSPS) is 21.5. The molecule has 26 heavy (non-hydrogen) atoms. The van der Waals surface area contributed by atoms with Crippen LogP contribution in [0.15, 0.2) is 15.8 Å². The maximum atomic E-state index is 15.0. The number of halogens is 1. The highest BCUT2D eigenvalue weighted by Crippen LogP contribution is 2.42. The van der Waals surface area contributed by atoms with E-state index in [4.69, 9.17) is 11.6 Å². The van der Waals surface area contributed by atoms with Gasteiger partial charge in [0.05, 0.1) is 17.4 Å². The van der Waals surface area contributed by atoms with Crippen LogP contribution in [0.1, 0.15) is 43.2 Å². The average Bonchev–Trinajstić information content (AvgIpc) is 3.30. The fraction of sp³-hybridized carbons (Fsp3) is 0.556. The van der Waals surface area contributed by atoms with Gasteiger partial charge >= 0.3 is 5.69 Å². The van der Waals surface area contributed by atoms with Crippen molar-refractivity contribution in [2.45, 2.75) is 45.1 Å². The van der Waals surface area contributed by atoms with E-state index in [9.17, 15) is 14.0 Å². The number of aryl methyl sites for hydroxylation is 1. The highest BCUT2D eigenvalue weighted by molar-refractivity contribution is 5.72. The lowest BCUT2D eigenvalue weighted by molar-refractivity contribution is 0.487. The van der Waals surface area contributed by atoms with Gasteiger partial charge in [0.25, 0.3) is 5.56 Å². The van der Waals surface area contributed by atoms with Crippen LogP contribution >= 0.6 is 0 Å². The molecule has 0 bridgehead atoms. The number of nitrogen functional groups attached to an aromatic ring is 1. The zero-order valence-corrected chi connectivity index (χ0v) is 15.0. The number of aromatic nitrogens is 2. The molecule has 8 heteroatoms. The molecule has 4 N–H and O–H groups in total. The first-order valence-corrected chi connectivity index (χ1v) is 9.07. The maximum absolute atomic E-state index is 15.0. The Morgan fingerprint density at radius 3 is 2.54 bits per heavy atom. The first kappa shape index (κ1) is 17.1. The number of hydrogen-bond acceptors (Lipinski definition) is 5. The number of pyridine rings is 1. The molecule has 7 nitrogen and oxygen atoms in total. The molecule has 0 aromatic carbocycles. The second-order valence-electron chi connectivity index (χ2n) is 7.67. The summed E-state index contributed by atoms with van der Waals surface area (Å²) in [5.74, 6) is 5.55. The van der Waals surface area contributed by atoms with Gasteiger partial charge in [0.2, 0.25) is 0 Å². The molecule has 2 unspecified atom stereocenters. The summed E-state index contributed by atoms with van der Waals surface area (Å²) in [7, 11) is 0. The van der Waals surface area contributed by atoms with Crippen molar-refractivity contribution >= 4 is 11.2 Å². The van der Waals surface area contributed by atoms with Crippen LogP contribution in [0.25, 0.3) is 5.52 Å². The van der Waals surface area contributed by atoms with Gasteiger partial charge in [-0.3, -0.25) is 9.20 Å². The van der Waals surface area contributed by atoms with Gasteiger partial charge in [-0.05, 0) is 44.9 Å². The van der Waals surface area contributed by atoms with Gasteiger partial charge in [0, 0.05) is 30.3 Å². The second kappa shape index (κ2) is 5.84. The number of nitrogens with two attached hydrogens (primary N) is 2. The van der Waals surface area contributed by atoms with E-state index in [-0.39, 0.29) is 12.0 Å². The molecule has 3 heterocycles. The third kappa shape index (κ3) is 2.43. The molecule has 0 amide bonds. The Morgan fingerprint density at radius 2 is 1.96 bits per heavy atom. The zero-order chi connectivity index (χ0) is 18.7. The Hall–Kier alpha value is -2.35. The van der Waals surface area contributed by atoms with Crippen molar-refractivity contribution in [1.29, 1.82) is 0 Å². The third-order valence-corrected chi connectivity index (χ3v) is 5.81. The lowest BCUT2D eigenvalue weighted by atomic mass is 10.0. The lowest BCUT2D eigenvalue weighted by Gasteiger charge is -2.24. The fourth-order valence-electron chi connectivity index (χ4n) is 4.18. The quantitative estimate of drug-likeness (QED) is 0.783. The molecule has 140 valence electrons. The van der Waals surface area contributed by atoms with Crippen molar-refractivity contribution in [3.05, 3.63) is 44.0 Å². The van der Waals surface area contributed by atoms with E-state index >= 15 is 0 Å². The Balaban J connectivity index is 1.97. The van der Waals surface area contributed by atoms with Crippen LogP contribution in [0, 0.1) is 18.7 Å². The van der Waals surface area contributed by atoms with Crippen LogP contribution in [0.2, 0.25) is 0 Å². The minimum Gasteiger partial charge on any atom is -0.368 e. The number of nitrogens with zero attached hydrogens (tertiary/aromatic N) is 3. The third-order valence-electron chi connectivity index (χ3n) is 5.81. The predicted octanol–water partition coefficient (Wildman–Crippen LogP) is 0.673. The van der Waals surface area contributed by atoms with E-state index in [1.807, 2.05) is 11.8 Å². The fourth-order valence-corrected chi connectivity index (χ4v) is 4.18. The summed E-state index contributed by atoms with van der Waals surface area (Å²) in [6, 6.07) is 0.0397. The summed E-state index contributed by atoms with van der Waals surface area (Å²) in [4.78, 5) is 27.0. The van der Waals surface area contributed by atoms with E-state index < -0.39 is 17.1 Å². The Labute approximate surface area is 150 Å². The second-order valence-corrected chi connectivity index (χ2v) is 7.67. The first-order valence-electron chi connectivity index (χ1n) is 9.07. The largest absolute Gasteiger partial charge is 0.368 e. The van der Waals surface area contributed by atoms with Crippen molar-refractivity contribution in [1.82, 2.24) is 9.08 Å². The van der Waals surface area contributed by atoms with E-state index in [1.165, 1.54) is 4.40 Å². The molecule has 2 aliphatic rings. The van der Waals surface area contributed by atoms with E-state index in [2.05, 4.69) is 0 Å². The van der Waals surface area contributed by atoms with E-state index in [0.29, 0.717) is 46.0 Å². The van der Waals surface area contributed by atoms with Gasteiger partial charge in [-0.2, -0.15) is 4.68 Å². The molecule has 1 saturated heterocycles. The van der Waals surface area contributed by atoms with Crippen LogP contribution in [0.5, 0.6) is 0 Å².